The number of hydrogen-bond donors (Lipinski definition) is 2. The third kappa shape index (κ3) is 3.51. The number of nitrogens with zero attached hydrogens (tertiary/aromatic N) is 1. The molecule has 3 aromatic rings. The number of nitrogens with one attached hydrogen (secondary N) is 2. The number of aromatic nitrogens is 1. The monoisotopic (exact) mass is 309 g/mol. The van der Waals surface area contributed by atoms with E-state index in [0.717, 1.165) is 27.8 Å². The maximum atomic E-state index is 12.0. The molecule has 5 heteroatoms. The van der Waals surface area contributed by atoms with Crippen LogP contribution >= 0.6 is 0 Å². The Morgan fingerprint density at radius 2 is 2.00 bits per heavy atom. The molecule has 0 radical (unpaired) electrons. The predicted octanol–water partition coefficient (Wildman–Crippen LogP) is 3.70. The van der Waals surface area contributed by atoms with Crippen molar-refractivity contribution in [3.8, 4) is 0 Å². The van der Waals surface area contributed by atoms with Crippen molar-refractivity contribution in [2.24, 2.45) is 0 Å². The van der Waals surface area contributed by atoms with Gasteiger partial charge in [0.25, 0.3) is 0 Å². The molecule has 0 aliphatic carbocycles. The lowest BCUT2D eigenvalue weighted by Crippen LogP contribution is -2.36. The molecule has 2 N–H and O–H groups in total. The molecule has 1 aromatic heterocycles. The summed E-state index contributed by atoms with van der Waals surface area (Å²) in [6.45, 7) is 4.28. The van der Waals surface area contributed by atoms with E-state index in [1.165, 1.54) is 0 Å². The molecule has 0 saturated heterocycles. The number of carbonyl (C=O) groups is 1. The standard InChI is InChI=1S/C18H19N3O2/c1-12-8-9-17-15(10-12)16(21-23-17)11-19-18(22)20-13(2)14-6-4-3-5-7-14/h3-10,13H,11H2,1-2H3,(H2,19,20,22)/t13-/m1/s1. The Morgan fingerprint density at radius 3 is 2.78 bits per heavy atom. The Balaban J connectivity index is 1.61. The number of benzene rings is 2. The largest absolute Gasteiger partial charge is 0.356 e. The van der Waals surface area contributed by atoms with Gasteiger partial charge in [-0.15, -0.1) is 0 Å². The summed E-state index contributed by atoms with van der Waals surface area (Å²) < 4.78 is 5.27. The molecule has 23 heavy (non-hydrogen) atoms. The van der Waals surface area contributed by atoms with Crippen LogP contribution in [-0.4, -0.2) is 11.2 Å². The average Bonchev–Trinajstić information content (AvgIpc) is 2.96. The SMILES string of the molecule is Cc1ccc2onc(CNC(=O)N[C@H](C)c3ccccc3)c2c1. The Hall–Kier alpha value is -2.82. The first-order valence-corrected chi connectivity index (χ1v) is 7.57. The highest BCUT2D eigenvalue weighted by molar-refractivity contribution is 5.81. The van der Waals surface area contributed by atoms with Crippen LogP contribution in [0, 0.1) is 6.92 Å². The van der Waals surface area contributed by atoms with Gasteiger partial charge in [-0.3, -0.25) is 0 Å². The minimum Gasteiger partial charge on any atom is -0.356 e. The number of amides is 2. The molecule has 1 heterocycles. The van der Waals surface area contributed by atoms with Gasteiger partial charge in [-0.2, -0.15) is 0 Å². The quantitative estimate of drug-likeness (QED) is 0.772. The topological polar surface area (TPSA) is 67.2 Å². The minimum atomic E-state index is -0.231. The van der Waals surface area contributed by atoms with Crippen LogP contribution < -0.4 is 10.6 Å². The van der Waals surface area contributed by atoms with Crippen molar-refractivity contribution < 1.29 is 9.32 Å². The Kier molecular flexibility index (Phi) is 4.28. The normalized spacial score (nSPS) is 12.1. The average molecular weight is 309 g/mol. The van der Waals surface area contributed by atoms with Gasteiger partial charge >= 0.3 is 6.03 Å². The molecule has 2 amide bonds. The fraction of sp³-hybridized carbons (Fsp3) is 0.222. The van der Waals surface area contributed by atoms with E-state index in [4.69, 9.17) is 4.52 Å². The fourth-order valence-electron chi connectivity index (χ4n) is 2.47. The van der Waals surface area contributed by atoms with Gasteiger partial charge in [0.1, 0.15) is 5.69 Å². The molecule has 1 atom stereocenters. The summed E-state index contributed by atoms with van der Waals surface area (Å²) in [5.41, 5.74) is 3.64. The van der Waals surface area contributed by atoms with Crippen molar-refractivity contribution in [1.29, 1.82) is 0 Å². The molecule has 2 aromatic carbocycles. The van der Waals surface area contributed by atoms with Crippen LogP contribution in [0.4, 0.5) is 4.79 Å². The molecule has 0 bridgehead atoms. The molecule has 5 nitrogen and oxygen atoms in total. The highest BCUT2D eigenvalue weighted by atomic mass is 16.5. The Morgan fingerprint density at radius 1 is 1.22 bits per heavy atom. The first-order valence-electron chi connectivity index (χ1n) is 7.57. The van der Waals surface area contributed by atoms with Gasteiger partial charge in [0.15, 0.2) is 5.58 Å². The second kappa shape index (κ2) is 6.52. The van der Waals surface area contributed by atoms with Crippen LogP contribution in [0.3, 0.4) is 0 Å². The van der Waals surface area contributed by atoms with E-state index in [1.54, 1.807) is 0 Å². The summed E-state index contributed by atoms with van der Waals surface area (Å²) in [6, 6.07) is 15.4. The number of hydrogen-bond acceptors (Lipinski definition) is 3. The highest BCUT2D eigenvalue weighted by Gasteiger charge is 2.12. The van der Waals surface area contributed by atoms with Crippen LogP contribution in [0.25, 0.3) is 11.0 Å². The van der Waals surface area contributed by atoms with Gasteiger partial charge in [0.2, 0.25) is 0 Å². The van der Waals surface area contributed by atoms with Crippen LogP contribution in [0.1, 0.15) is 29.8 Å². The molecule has 118 valence electrons. The molecule has 0 unspecified atom stereocenters. The van der Waals surface area contributed by atoms with E-state index in [-0.39, 0.29) is 12.1 Å². The number of aryl methyl sites for hydroxylation is 1. The highest BCUT2D eigenvalue weighted by Crippen LogP contribution is 2.19. The molecule has 3 rings (SSSR count). The fourth-order valence-corrected chi connectivity index (χ4v) is 2.47. The summed E-state index contributed by atoms with van der Waals surface area (Å²) in [7, 11) is 0. The number of fused-ring (bicyclic) bond motifs is 1. The lowest BCUT2D eigenvalue weighted by molar-refractivity contribution is 0.237. The van der Waals surface area contributed by atoms with Crippen molar-refractivity contribution in [1.82, 2.24) is 15.8 Å². The van der Waals surface area contributed by atoms with Crippen molar-refractivity contribution in [2.45, 2.75) is 26.4 Å². The zero-order chi connectivity index (χ0) is 16.2. The summed E-state index contributed by atoms with van der Waals surface area (Å²) in [6.07, 6.45) is 0. The van der Waals surface area contributed by atoms with Crippen molar-refractivity contribution in [3.05, 3.63) is 65.4 Å². The van der Waals surface area contributed by atoms with Crippen molar-refractivity contribution in [2.75, 3.05) is 0 Å². The van der Waals surface area contributed by atoms with Gasteiger partial charge in [-0.25, -0.2) is 4.79 Å². The second-order valence-electron chi connectivity index (χ2n) is 5.59. The maximum absolute atomic E-state index is 12.0. The van der Waals surface area contributed by atoms with Crippen LogP contribution in [0.2, 0.25) is 0 Å². The van der Waals surface area contributed by atoms with Gasteiger partial charge in [0, 0.05) is 5.39 Å². The van der Waals surface area contributed by atoms with Crippen LogP contribution in [-0.2, 0) is 6.54 Å². The molecule has 0 aliphatic heterocycles. The predicted molar refractivity (Wildman–Crippen MR) is 89.0 cm³/mol. The zero-order valence-corrected chi connectivity index (χ0v) is 13.2. The second-order valence-corrected chi connectivity index (χ2v) is 5.59. The number of urea groups is 1. The van der Waals surface area contributed by atoms with Gasteiger partial charge in [-0.1, -0.05) is 47.1 Å². The smallest absolute Gasteiger partial charge is 0.315 e. The van der Waals surface area contributed by atoms with Gasteiger partial charge < -0.3 is 15.2 Å². The lowest BCUT2D eigenvalue weighted by atomic mass is 10.1. The summed E-state index contributed by atoms with van der Waals surface area (Å²) in [5.74, 6) is 0. The van der Waals surface area contributed by atoms with E-state index in [0.29, 0.717) is 6.54 Å². The third-order valence-electron chi connectivity index (χ3n) is 3.76. The van der Waals surface area contributed by atoms with E-state index in [2.05, 4.69) is 15.8 Å². The van der Waals surface area contributed by atoms with E-state index in [1.807, 2.05) is 62.4 Å². The van der Waals surface area contributed by atoms with Crippen molar-refractivity contribution >= 4 is 17.0 Å². The third-order valence-corrected chi connectivity index (χ3v) is 3.76. The minimum absolute atomic E-state index is 0.0625. The van der Waals surface area contributed by atoms with Crippen LogP contribution in [0.5, 0.6) is 0 Å². The van der Waals surface area contributed by atoms with Crippen molar-refractivity contribution in [3.63, 3.8) is 0 Å². The van der Waals surface area contributed by atoms with E-state index < -0.39 is 0 Å². The molecule has 0 fully saturated rings. The molecular weight excluding hydrogens is 290 g/mol. The van der Waals surface area contributed by atoms with E-state index in [9.17, 15) is 4.79 Å². The van der Waals surface area contributed by atoms with Gasteiger partial charge in [0.05, 0.1) is 12.6 Å². The number of rotatable bonds is 4. The molecule has 0 aliphatic rings. The van der Waals surface area contributed by atoms with E-state index >= 15 is 0 Å². The lowest BCUT2D eigenvalue weighted by Gasteiger charge is -2.14. The maximum Gasteiger partial charge on any atom is 0.315 e. The summed E-state index contributed by atoms with van der Waals surface area (Å²) in [5, 5.41) is 10.7. The first-order chi connectivity index (χ1) is 11.1. The Bertz CT molecular complexity index is 812. The Labute approximate surface area is 134 Å². The summed E-state index contributed by atoms with van der Waals surface area (Å²) in [4.78, 5) is 12.0. The zero-order valence-electron chi connectivity index (χ0n) is 13.2. The molecule has 0 saturated carbocycles. The first kappa shape index (κ1) is 15.1. The molecule has 0 spiro atoms. The molecular formula is C18H19N3O2. The number of carbonyl (C=O) groups excluding carboxylic acids is 1. The van der Waals surface area contributed by atoms with Gasteiger partial charge in [-0.05, 0) is 31.5 Å². The summed E-state index contributed by atoms with van der Waals surface area (Å²) >= 11 is 0. The van der Waals surface area contributed by atoms with Crippen LogP contribution in [0.15, 0.2) is 53.1 Å².